The van der Waals surface area contributed by atoms with E-state index in [9.17, 15) is 0 Å². The van der Waals surface area contributed by atoms with Crippen LogP contribution in [0.4, 0.5) is 0 Å². The third-order valence-electron chi connectivity index (χ3n) is 4.65. The van der Waals surface area contributed by atoms with Crippen molar-refractivity contribution < 1.29 is 9.55 Å². The highest BCUT2D eigenvalue weighted by Crippen LogP contribution is 2.37. The Morgan fingerprint density at radius 2 is 2.04 bits per heavy atom. The lowest BCUT2D eigenvalue weighted by molar-refractivity contribution is -0.700. The van der Waals surface area contributed by atoms with Gasteiger partial charge in [-0.2, -0.15) is 4.57 Å². The van der Waals surface area contributed by atoms with Crippen LogP contribution in [0.1, 0.15) is 42.4 Å². The molecule has 0 atom stereocenters. The molecule has 0 saturated carbocycles. The number of aryl methyl sites for hydroxylation is 3. The molecule has 2 nitrogen and oxygen atoms in total. The molecule has 0 fully saturated rings. The zero-order chi connectivity index (χ0) is 17.3. The predicted octanol–water partition coefficient (Wildman–Crippen LogP) is 4.24. The SMILES string of the molecule is C=C(CC)/C(=C1\C(=C)CC[n+]2ccccc21)c1cc(C)cc(C)[nH+]1. The number of nitrogens with one attached hydrogen (secondary N) is 1. The quantitative estimate of drug-likeness (QED) is 0.754. The summed E-state index contributed by atoms with van der Waals surface area (Å²) in [6.07, 6.45) is 4.04. The third kappa shape index (κ3) is 2.96. The minimum Gasteiger partial charge on any atom is -0.209 e. The lowest BCUT2D eigenvalue weighted by Crippen LogP contribution is -2.41. The van der Waals surface area contributed by atoms with E-state index in [-0.39, 0.29) is 0 Å². The van der Waals surface area contributed by atoms with Gasteiger partial charge in [0.25, 0.3) is 0 Å². The van der Waals surface area contributed by atoms with Crippen LogP contribution in [0, 0.1) is 13.8 Å². The number of hydrogen-bond acceptors (Lipinski definition) is 0. The fraction of sp³-hybridized carbons (Fsp3) is 0.273. The first-order valence-corrected chi connectivity index (χ1v) is 8.61. The maximum atomic E-state index is 4.38. The molecular weight excluding hydrogens is 292 g/mol. The molecule has 0 radical (unpaired) electrons. The average molecular weight is 318 g/mol. The fourth-order valence-electron chi connectivity index (χ4n) is 3.47. The smallest absolute Gasteiger partial charge is 0.209 e. The number of fused-ring (bicyclic) bond motifs is 1. The Labute approximate surface area is 144 Å². The summed E-state index contributed by atoms with van der Waals surface area (Å²) >= 11 is 0. The standard InChI is InChI=1S/C22H25N2/c1-6-16(3)21(19-14-15(2)13-18(5)23-19)22-17(4)10-12-24-11-8-7-9-20(22)24/h7-9,11,13-14H,3-4,6,10,12H2,1-2,5H3/q+1/p+1/b22-21-. The molecule has 0 aromatic carbocycles. The lowest BCUT2D eigenvalue weighted by atomic mass is 9.86. The van der Waals surface area contributed by atoms with Gasteiger partial charge in [-0.1, -0.05) is 20.1 Å². The number of aromatic nitrogens is 2. The molecule has 0 unspecified atom stereocenters. The van der Waals surface area contributed by atoms with E-state index in [1.54, 1.807) is 0 Å². The summed E-state index contributed by atoms with van der Waals surface area (Å²) in [6, 6.07) is 10.8. The molecular formula is C22H26N2+2. The van der Waals surface area contributed by atoms with E-state index in [2.05, 4.69) is 80.0 Å². The van der Waals surface area contributed by atoms with Gasteiger partial charge < -0.3 is 0 Å². The summed E-state index contributed by atoms with van der Waals surface area (Å²) in [7, 11) is 0. The number of H-pyrrole nitrogens is 1. The van der Waals surface area contributed by atoms with Crippen molar-refractivity contribution >= 4 is 11.1 Å². The van der Waals surface area contributed by atoms with Crippen LogP contribution in [0.2, 0.25) is 0 Å². The van der Waals surface area contributed by atoms with Crippen molar-refractivity contribution in [3.05, 3.63) is 83.5 Å². The maximum absolute atomic E-state index is 4.38. The lowest BCUT2D eigenvalue weighted by Gasteiger charge is -2.19. The normalized spacial score (nSPS) is 15.9. The summed E-state index contributed by atoms with van der Waals surface area (Å²) in [4.78, 5) is 3.54. The van der Waals surface area contributed by atoms with Crippen molar-refractivity contribution in [2.45, 2.75) is 40.2 Å². The second-order valence-corrected chi connectivity index (χ2v) is 6.59. The molecule has 0 saturated heterocycles. The van der Waals surface area contributed by atoms with Crippen LogP contribution in [0.15, 0.2) is 60.8 Å². The fourth-order valence-corrected chi connectivity index (χ4v) is 3.47. The van der Waals surface area contributed by atoms with Gasteiger partial charge >= 0.3 is 0 Å². The molecule has 1 N–H and O–H groups in total. The van der Waals surface area contributed by atoms with Crippen molar-refractivity contribution in [1.29, 1.82) is 0 Å². The van der Waals surface area contributed by atoms with Gasteiger partial charge in [-0.05, 0) is 36.1 Å². The highest BCUT2D eigenvalue weighted by Gasteiger charge is 2.30. The van der Waals surface area contributed by atoms with Crippen LogP contribution < -0.4 is 9.55 Å². The number of pyridine rings is 2. The highest BCUT2D eigenvalue weighted by molar-refractivity contribution is 6.01. The summed E-state index contributed by atoms with van der Waals surface area (Å²) in [5.41, 5.74) is 9.55. The third-order valence-corrected chi connectivity index (χ3v) is 4.65. The van der Waals surface area contributed by atoms with E-state index in [4.69, 9.17) is 0 Å². The first kappa shape index (κ1) is 16.4. The number of aromatic amines is 1. The number of allylic oxidation sites excluding steroid dienone is 4. The minimum atomic E-state index is 0.916. The molecule has 0 spiro atoms. The van der Waals surface area contributed by atoms with Gasteiger partial charge in [-0.15, -0.1) is 0 Å². The molecule has 3 heterocycles. The molecule has 0 aliphatic carbocycles. The van der Waals surface area contributed by atoms with Gasteiger partial charge in [0.05, 0.1) is 11.1 Å². The topological polar surface area (TPSA) is 18.0 Å². The molecule has 1 aliphatic heterocycles. The van der Waals surface area contributed by atoms with Gasteiger partial charge in [0.1, 0.15) is 0 Å². The molecule has 24 heavy (non-hydrogen) atoms. The zero-order valence-electron chi connectivity index (χ0n) is 14.9. The molecule has 122 valence electrons. The Kier molecular flexibility index (Phi) is 4.48. The number of hydrogen-bond donors (Lipinski definition) is 0. The number of nitrogens with zero attached hydrogens (tertiary/aromatic N) is 1. The maximum Gasteiger partial charge on any atom is 0.213 e. The van der Waals surface area contributed by atoms with E-state index < -0.39 is 0 Å². The van der Waals surface area contributed by atoms with Gasteiger partial charge in [0.2, 0.25) is 11.4 Å². The van der Waals surface area contributed by atoms with Gasteiger partial charge in [-0.3, -0.25) is 0 Å². The molecule has 2 aromatic rings. The van der Waals surface area contributed by atoms with E-state index in [0.717, 1.165) is 36.3 Å². The van der Waals surface area contributed by atoms with Crippen LogP contribution in [-0.4, -0.2) is 0 Å². The van der Waals surface area contributed by atoms with Crippen molar-refractivity contribution in [3.63, 3.8) is 0 Å². The summed E-state index contributed by atoms with van der Waals surface area (Å²) in [5.74, 6) is 0. The highest BCUT2D eigenvalue weighted by atomic mass is 15.0. The summed E-state index contributed by atoms with van der Waals surface area (Å²) in [6.45, 7) is 16.1. The predicted molar refractivity (Wildman–Crippen MR) is 99.1 cm³/mol. The van der Waals surface area contributed by atoms with Crippen molar-refractivity contribution in [3.8, 4) is 0 Å². The summed E-state index contributed by atoms with van der Waals surface area (Å²) in [5, 5.41) is 0. The molecule has 0 amide bonds. The van der Waals surface area contributed by atoms with Gasteiger partial charge in [0, 0.05) is 37.6 Å². The Balaban J connectivity index is 2.35. The molecule has 2 aromatic heterocycles. The zero-order valence-corrected chi connectivity index (χ0v) is 14.9. The van der Waals surface area contributed by atoms with Gasteiger partial charge in [0.15, 0.2) is 18.4 Å². The largest absolute Gasteiger partial charge is 0.213 e. The second-order valence-electron chi connectivity index (χ2n) is 6.59. The first-order chi connectivity index (χ1) is 11.5. The van der Waals surface area contributed by atoms with E-state index in [1.165, 1.54) is 28.0 Å². The van der Waals surface area contributed by atoms with E-state index in [1.807, 2.05) is 0 Å². The van der Waals surface area contributed by atoms with E-state index >= 15 is 0 Å². The minimum absolute atomic E-state index is 0.916. The molecule has 1 aliphatic rings. The van der Waals surface area contributed by atoms with Crippen LogP contribution in [0.5, 0.6) is 0 Å². The molecule has 3 rings (SSSR count). The van der Waals surface area contributed by atoms with Crippen molar-refractivity contribution in [2.24, 2.45) is 0 Å². The van der Waals surface area contributed by atoms with Crippen LogP contribution in [0.3, 0.4) is 0 Å². The van der Waals surface area contributed by atoms with Crippen molar-refractivity contribution in [1.82, 2.24) is 0 Å². The summed E-state index contributed by atoms with van der Waals surface area (Å²) < 4.78 is 2.32. The average Bonchev–Trinajstić information content (AvgIpc) is 2.56. The Morgan fingerprint density at radius 1 is 1.25 bits per heavy atom. The molecule has 2 heteroatoms. The van der Waals surface area contributed by atoms with Crippen LogP contribution in [0.25, 0.3) is 11.1 Å². The Morgan fingerprint density at radius 3 is 2.75 bits per heavy atom. The first-order valence-electron chi connectivity index (χ1n) is 8.61. The Hall–Kier alpha value is -2.48. The van der Waals surface area contributed by atoms with E-state index in [0.29, 0.717) is 0 Å². The molecule has 0 bridgehead atoms. The van der Waals surface area contributed by atoms with Crippen molar-refractivity contribution in [2.75, 3.05) is 0 Å². The monoisotopic (exact) mass is 318 g/mol. The number of rotatable bonds is 3. The Bertz CT molecular complexity index is 836. The van der Waals surface area contributed by atoms with Crippen LogP contribution in [-0.2, 0) is 6.54 Å². The van der Waals surface area contributed by atoms with Crippen LogP contribution >= 0.6 is 0 Å². The van der Waals surface area contributed by atoms with Gasteiger partial charge in [-0.25, -0.2) is 4.98 Å². The second kappa shape index (κ2) is 6.56.